The molecule has 3 amide bonds. The number of thioether (sulfide) groups is 2. The molecular formula is C29H27N3O3S2. The minimum Gasteiger partial charge on any atom is -0.350 e. The van der Waals surface area contributed by atoms with Crippen molar-refractivity contribution < 1.29 is 14.4 Å². The van der Waals surface area contributed by atoms with E-state index in [2.05, 4.69) is 64.5 Å². The molecule has 0 bridgehead atoms. The Morgan fingerprint density at radius 1 is 1.00 bits per heavy atom. The lowest BCUT2D eigenvalue weighted by atomic mass is 10.0. The molecule has 3 aromatic carbocycles. The van der Waals surface area contributed by atoms with Crippen molar-refractivity contribution in [1.29, 1.82) is 0 Å². The zero-order valence-corrected chi connectivity index (χ0v) is 21.7. The van der Waals surface area contributed by atoms with Crippen LogP contribution in [0.2, 0.25) is 0 Å². The molecule has 2 aliphatic heterocycles. The summed E-state index contributed by atoms with van der Waals surface area (Å²) in [6.07, 6.45) is 2.65. The molecule has 0 aromatic heterocycles. The molecule has 0 spiro atoms. The molecule has 0 aliphatic carbocycles. The number of amides is 3. The number of rotatable bonds is 8. The minimum atomic E-state index is -0.391. The summed E-state index contributed by atoms with van der Waals surface area (Å²) >= 11 is 2.84. The van der Waals surface area contributed by atoms with E-state index in [-0.39, 0.29) is 17.2 Å². The summed E-state index contributed by atoms with van der Waals surface area (Å²) in [5.41, 5.74) is 5.18. The number of carbonyl (C=O) groups excluding carboxylic acids is 3. The number of carbonyl (C=O) groups is 3. The van der Waals surface area contributed by atoms with Crippen molar-refractivity contribution in [2.24, 2.45) is 0 Å². The number of benzene rings is 3. The molecule has 188 valence electrons. The third kappa shape index (κ3) is 6.52. The Morgan fingerprint density at radius 3 is 2.51 bits per heavy atom. The molecule has 0 saturated carbocycles. The standard InChI is InChI=1S/C29H27N3O3S2/c33-27(21-12-10-19(11-13-21)14-26-28(34)32-29(35)37-26)31-16-23-15-24(17-30-23)36-18-22-8-4-5-9-25(22)20-6-2-1-3-7-20/h1-14,23-24,30H,15-18H2,(H,31,33)(H,32,34,35)/b26-14-/t23-,24-/m0/s1. The third-order valence-corrected chi connectivity index (χ3v) is 8.50. The van der Waals surface area contributed by atoms with Crippen LogP contribution in [0, 0.1) is 0 Å². The molecule has 0 radical (unpaired) electrons. The van der Waals surface area contributed by atoms with Crippen LogP contribution in [-0.4, -0.2) is 41.4 Å². The van der Waals surface area contributed by atoms with E-state index in [4.69, 9.17) is 0 Å². The maximum absolute atomic E-state index is 12.6. The fourth-order valence-electron chi connectivity index (χ4n) is 4.44. The highest BCUT2D eigenvalue weighted by atomic mass is 32.2. The summed E-state index contributed by atoms with van der Waals surface area (Å²) in [5, 5.41) is 8.93. The highest BCUT2D eigenvalue weighted by Crippen LogP contribution is 2.30. The van der Waals surface area contributed by atoms with Crippen LogP contribution in [0.5, 0.6) is 0 Å². The molecule has 2 heterocycles. The summed E-state index contributed by atoms with van der Waals surface area (Å²) in [5.74, 6) is 0.433. The molecule has 2 atom stereocenters. The molecule has 5 rings (SSSR count). The molecular weight excluding hydrogens is 502 g/mol. The fourth-order valence-corrected chi connectivity index (χ4v) is 6.37. The number of imide groups is 1. The minimum absolute atomic E-state index is 0.128. The first-order valence-corrected chi connectivity index (χ1v) is 14.0. The van der Waals surface area contributed by atoms with Gasteiger partial charge in [-0.05, 0) is 58.6 Å². The number of nitrogens with one attached hydrogen (secondary N) is 3. The SMILES string of the molecule is O=C1NC(=O)/C(=C/c2ccc(C(=O)NC[C@@H]3C[C@H](SCc4ccccc4-c4ccccc4)CN3)cc2)S1. The Morgan fingerprint density at radius 2 is 1.76 bits per heavy atom. The molecule has 8 heteroatoms. The maximum atomic E-state index is 12.6. The van der Waals surface area contributed by atoms with Crippen LogP contribution in [0.1, 0.15) is 27.9 Å². The van der Waals surface area contributed by atoms with Gasteiger partial charge in [-0.25, -0.2) is 0 Å². The van der Waals surface area contributed by atoms with Crippen molar-refractivity contribution in [3.05, 3.63) is 100 Å². The number of hydrogen-bond acceptors (Lipinski definition) is 6. The summed E-state index contributed by atoms with van der Waals surface area (Å²) in [6.45, 7) is 1.50. The summed E-state index contributed by atoms with van der Waals surface area (Å²) in [6, 6.07) is 26.3. The first-order valence-electron chi connectivity index (χ1n) is 12.2. The highest BCUT2D eigenvalue weighted by molar-refractivity contribution is 8.18. The molecule has 6 nitrogen and oxygen atoms in total. The predicted molar refractivity (Wildman–Crippen MR) is 151 cm³/mol. The lowest BCUT2D eigenvalue weighted by Crippen LogP contribution is -2.37. The largest absolute Gasteiger partial charge is 0.350 e. The van der Waals surface area contributed by atoms with E-state index in [1.807, 2.05) is 17.8 Å². The molecule has 2 aliphatic rings. The Bertz CT molecular complexity index is 1330. The van der Waals surface area contributed by atoms with E-state index >= 15 is 0 Å². The Kier molecular flexibility index (Phi) is 8.08. The van der Waals surface area contributed by atoms with Gasteiger partial charge in [0.15, 0.2) is 0 Å². The van der Waals surface area contributed by atoms with Gasteiger partial charge in [-0.3, -0.25) is 19.7 Å². The van der Waals surface area contributed by atoms with E-state index in [9.17, 15) is 14.4 Å². The maximum Gasteiger partial charge on any atom is 0.290 e. The lowest BCUT2D eigenvalue weighted by molar-refractivity contribution is -0.115. The molecule has 3 aromatic rings. The molecule has 2 saturated heterocycles. The van der Waals surface area contributed by atoms with Crippen molar-refractivity contribution >= 4 is 46.7 Å². The van der Waals surface area contributed by atoms with Crippen LogP contribution in [0.15, 0.2) is 83.8 Å². The summed E-state index contributed by atoms with van der Waals surface area (Å²) in [4.78, 5) is 36.0. The van der Waals surface area contributed by atoms with E-state index in [0.29, 0.717) is 22.3 Å². The van der Waals surface area contributed by atoms with Gasteiger partial charge in [0.1, 0.15) is 0 Å². The third-order valence-electron chi connectivity index (χ3n) is 6.38. The van der Waals surface area contributed by atoms with Crippen molar-refractivity contribution in [2.75, 3.05) is 13.1 Å². The van der Waals surface area contributed by atoms with Gasteiger partial charge < -0.3 is 10.6 Å². The Labute approximate surface area is 224 Å². The van der Waals surface area contributed by atoms with E-state index in [1.54, 1.807) is 30.3 Å². The Hall–Kier alpha value is -3.33. The average molecular weight is 530 g/mol. The van der Waals surface area contributed by atoms with Crippen LogP contribution < -0.4 is 16.0 Å². The van der Waals surface area contributed by atoms with Gasteiger partial charge in [0.2, 0.25) is 0 Å². The molecule has 2 fully saturated rings. The van der Waals surface area contributed by atoms with E-state index in [1.165, 1.54) is 16.7 Å². The monoisotopic (exact) mass is 529 g/mol. The average Bonchev–Trinajstić information content (AvgIpc) is 3.52. The normalized spacial score (nSPS) is 20.3. The molecule has 0 unspecified atom stereocenters. The van der Waals surface area contributed by atoms with Crippen molar-refractivity contribution in [2.45, 2.75) is 23.5 Å². The zero-order valence-electron chi connectivity index (χ0n) is 20.1. The van der Waals surface area contributed by atoms with Gasteiger partial charge in [-0.2, -0.15) is 11.8 Å². The number of hydrogen-bond donors (Lipinski definition) is 3. The van der Waals surface area contributed by atoms with Gasteiger partial charge >= 0.3 is 0 Å². The summed E-state index contributed by atoms with van der Waals surface area (Å²) < 4.78 is 0. The first-order chi connectivity index (χ1) is 18.0. The zero-order chi connectivity index (χ0) is 25.6. The quantitative estimate of drug-likeness (QED) is 0.353. The molecule has 3 N–H and O–H groups in total. The van der Waals surface area contributed by atoms with Gasteiger partial charge in [-0.15, -0.1) is 0 Å². The van der Waals surface area contributed by atoms with Crippen molar-refractivity contribution in [3.8, 4) is 11.1 Å². The van der Waals surface area contributed by atoms with E-state index < -0.39 is 5.91 Å². The molecule has 37 heavy (non-hydrogen) atoms. The van der Waals surface area contributed by atoms with Crippen LogP contribution in [-0.2, 0) is 10.5 Å². The van der Waals surface area contributed by atoms with E-state index in [0.717, 1.165) is 36.0 Å². The Balaban J connectivity index is 1.09. The topological polar surface area (TPSA) is 87.3 Å². The summed E-state index contributed by atoms with van der Waals surface area (Å²) in [7, 11) is 0. The predicted octanol–water partition coefficient (Wildman–Crippen LogP) is 5.07. The van der Waals surface area contributed by atoms with Crippen molar-refractivity contribution in [3.63, 3.8) is 0 Å². The van der Waals surface area contributed by atoms with Crippen LogP contribution in [0.4, 0.5) is 4.79 Å². The van der Waals surface area contributed by atoms with Crippen LogP contribution in [0.25, 0.3) is 17.2 Å². The second kappa shape index (κ2) is 11.8. The fraction of sp³-hybridized carbons (Fsp3) is 0.207. The lowest BCUT2D eigenvalue weighted by Gasteiger charge is -2.14. The second-order valence-corrected chi connectivity index (χ2v) is 11.3. The van der Waals surface area contributed by atoms with Gasteiger partial charge in [0, 0.05) is 35.7 Å². The van der Waals surface area contributed by atoms with Gasteiger partial charge in [0.05, 0.1) is 4.91 Å². The highest BCUT2D eigenvalue weighted by Gasteiger charge is 2.26. The van der Waals surface area contributed by atoms with Gasteiger partial charge in [-0.1, -0.05) is 66.7 Å². The van der Waals surface area contributed by atoms with Crippen molar-refractivity contribution in [1.82, 2.24) is 16.0 Å². The first kappa shape index (κ1) is 25.3. The smallest absolute Gasteiger partial charge is 0.290 e. The van der Waals surface area contributed by atoms with Gasteiger partial charge in [0.25, 0.3) is 17.1 Å². The van der Waals surface area contributed by atoms with Crippen LogP contribution >= 0.6 is 23.5 Å². The second-order valence-electron chi connectivity index (χ2n) is 8.98. The van der Waals surface area contributed by atoms with Crippen LogP contribution in [0.3, 0.4) is 0 Å².